The zero-order valence-corrected chi connectivity index (χ0v) is 14.2. The minimum Gasteiger partial charge on any atom is -0.464 e. The second-order valence-corrected chi connectivity index (χ2v) is 5.97. The lowest BCUT2D eigenvalue weighted by molar-refractivity contribution is -0.149. The molecule has 0 aliphatic carbocycles. The summed E-state index contributed by atoms with van der Waals surface area (Å²) in [5.74, 6) is -0.447. The van der Waals surface area contributed by atoms with Crippen LogP contribution in [-0.2, 0) is 16.1 Å². The van der Waals surface area contributed by atoms with Crippen molar-refractivity contribution in [3.63, 3.8) is 0 Å². The number of hydrogen-bond donors (Lipinski definition) is 0. The molecule has 2 aromatic rings. The molecular weight excluding hydrogens is 322 g/mol. The van der Waals surface area contributed by atoms with Crippen molar-refractivity contribution >= 4 is 11.9 Å². The molecule has 0 unspecified atom stereocenters. The summed E-state index contributed by atoms with van der Waals surface area (Å²) < 4.78 is 6.73. The predicted molar refractivity (Wildman–Crippen MR) is 88.7 cm³/mol. The van der Waals surface area contributed by atoms with Gasteiger partial charge in [0.25, 0.3) is 5.91 Å². The molecule has 0 saturated carbocycles. The van der Waals surface area contributed by atoms with E-state index in [1.165, 1.54) is 6.33 Å². The van der Waals surface area contributed by atoms with Gasteiger partial charge in [-0.15, -0.1) is 5.10 Å². The second kappa shape index (κ2) is 7.87. The zero-order chi connectivity index (χ0) is 17.6. The average Bonchev–Trinajstić information content (AvgIpc) is 3.15. The summed E-state index contributed by atoms with van der Waals surface area (Å²) in [6.45, 7) is 3.21. The van der Waals surface area contributed by atoms with Gasteiger partial charge < -0.3 is 9.64 Å². The maximum Gasteiger partial charge on any atom is 0.328 e. The van der Waals surface area contributed by atoms with Crippen LogP contribution in [0.1, 0.15) is 42.1 Å². The highest BCUT2D eigenvalue weighted by molar-refractivity contribution is 5.97. The highest BCUT2D eigenvalue weighted by Crippen LogP contribution is 2.21. The average molecular weight is 343 g/mol. The van der Waals surface area contributed by atoms with Crippen LogP contribution in [0.2, 0.25) is 0 Å². The predicted octanol–water partition coefficient (Wildman–Crippen LogP) is 1.28. The summed E-state index contributed by atoms with van der Waals surface area (Å²) in [7, 11) is 0. The first-order valence-corrected chi connectivity index (χ1v) is 8.46. The van der Waals surface area contributed by atoms with E-state index in [1.54, 1.807) is 28.6 Å². The molecule has 25 heavy (non-hydrogen) atoms. The van der Waals surface area contributed by atoms with Gasteiger partial charge in [0.2, 0.25) is 0 Å². The molecule has 2 heterocycles. The molecule has 1 saturated heterocycles. The molecule has 3 rings (SSSR count). The summed E-state index contributed by atoms with van der Waals surface area (Å²) in [4.78, 5) is 26.6. The molecule has 1 fully saturated rings. The highest BCUT2D eigenvalue weighted by atomic mass is 16.5. The third kappa shape index (κ3) is 4.01. The van der Waals surface area contributed by atoms with E-state index >= 15 is 0 Å². The van der Waals surface area contributed by atoms with Crippen LogP contribution in [0.25, 0.3) is 0 Å². The van der Waals surface area contributed by atoms with Gasteiger partial charge in [-0.3, -0.25) is 4.79 Å². The van der Waals surface area contributed by atoms with E-state index < -0.39 is 6.04 Å². The number of benzene rings is 1. The normalized spacial score (nSPS) is 17.3. The van der Waals surface area contributed by atoms with Gasteiger partial charge >= 0.3 is 5.97 Å². The van der Waals surface area contributed by atoms with Gasteiger partial charge in [0.05, 0.1) is 13.2 Å². The molecule has 0 spiro atoms. The second-order valence-electron chi connectivity index (χ2n) is 5.97. The Morgan fingerprint density at radius 3 is 2.72 bits per heavy atom. The van der Waals surface area contributed by atoms with Crippen LogP contribution in [0.15, 0.2) is 30.6 Å². The lowest BCUT2D eigenvalue weighted by Gasteiger charge is -2.34. The van der Waals surface area contributed by atoms with Crippen molar-refractivity contribution in [2.75, 3.05) is 13.2 Å². The Balaban J connectivity index is 1.71. The Morgan fingerprint density at radius 1 is 1.24 bits per heavy atom. The van der Waals surface area contributed by atoms with Crippen molar-refractivity contribution in [2.45, 2.75) is 38.8 Å². The number of tetrazole rings is 1. The van der Waals surface area contributed by atoms with Gasteiger partial charge in [-0.05, 0) is 54.3 Å². The smallest absolute Gasteiger partial charge is 0.328 e. The number of aromatic nitrogens is 4. The fourth-order valence-corrected chi connectivity index (χ4v) is 3.02. The SMILES string of the molecule is CCOC(=O)[C@H]1CCCCN1C(=O)c1ccc(Cn2cnnn2)cc1. The quantitative estimate of drug-likeness (QED) is 0.760. The van der Waals surface area contributed by atoms with E-state index in [4.69, 9.17) is 4.74 Å². The van der Waals surface area contributed by atoms with Crippen molar-refractivity contribution < 1.29 is 14.3 Å². The maximum atomic E-state index is 12.8. The Bertz CT molecular complexity index is 714. The van der Waals surface area contributed by atoms with Gasteiger partial charge in [0, 0.05) is 12.1 Å². The summed E-state index contributed by atoms with van der Waals surface area (Å²) in [5.41, 5.74) is 1.56. The van der Waals surface area contributed by atoms with Crippen LogP contribution in [-0.4, -0.2) is 56.2 Å². The van der Waals surface area contributed by atoms with E-state index in [1.807, 2.05) is 12.1 Å². The van der Waals surface area contributed by atoms with Crippen LogP contribution in [0.5, 0.6) is 0 Å². The molecular formula is C17H21N5O3. The fourth-order valence-electron chi connectivity index (χ4n) is 3.02. The third-order valence-electron chi connectivity index (χ3n) is 4.26. The molecule has 1 amide bonds. The number of rotatable bonds is 5. The first kappa shape index (κ1) is 17.1. The topological polar surface area (TPSA) is 90.2 Å². The molecule has 0 radical (unpaired) electrons. The van der Waals surface area contributed by atoms with Gasteiger partial charge in [0.15, 0.2) is 0 Å². The summed E-state index contributed by atoms with van der Waals surface area (Å²) in [6.07, 6.45) is 4.02. The lowest BCUT2D eigenvalue weighted by atomic mass is 10.0. The van der Waals surface area contributed by atoms with Crippen LogP contribution in [0, 0.1) is 0 Å². The number of hydrogen-bond acceptors (Lipinski definition) is 6. The minimum absolute atomic E-state index is 0.133. The van der Waals surface area contributed by atoms with Gasteiger partial charge in [-0.2, -0.15) is 0 Å². The first-order valence-electron chi connectivity index (χ1n) is 8.46. The monoisotopic (exact) mass is 343 g/mol. The van der Waals surface area contributed by atoms with E-state index in [0.717, 1.165) is 18.4 Å². The zero-order valence-electron chi connectivity index (χ0n) is 14.2. The van der Waals surface area contributed by atoms with Crippen molar-refractivity contribution in [3.8, 4) is 0 Å². The van der Waals surface area contributed by atoms with E-state index in [2.05, 4.69) is 15.5 Å². The molecule has 8 heteroatoms. The largest absolute Gasteiger partial charge is 0.464 e. The minimum atomic E-state index is -0.484. The lowest BCUT2D eigenvalue weighted by Crippen LogP contribution is -2.48. The summed E-state index contributed by atoms with van der Waals surface area (Å²) >= 11 is 0. The number of carbonyl (C=O) groups excluding carboxylic acids is 2. The molecule has 0 N–H and O–H groups in total. The van der Waals surface area contributed by atoms with Crippen molar-refractivity contribution in [2.24, 2.45) is 0 Å². The maximum absolute atomic E-state index is 12.8. The molecule has 1 aromatic heterocycles. The summed E-state index contributed by atoms with van der Waals surface area (Å²) in [5, 5.41) is 11.0. The number of amides is 1. The van der Waals surface area contributed by atoms with E-state index in [9.17, 15) is 9.59 Å². The number of carbonyl (C=O) groups is 2. The van der Waals surface area contributed by atoms with Crippen molar-refractivity contribution in [3.05, 3.63) is 41.7 Å². The third-order valence-corrected chi connectivity index (χ3v) is 4.26. The Hall–Kier alpha value is -2.77. The van der Waals surface area contributed by atoms with E-state index in [0.29, 0.717) is 31.7 Å². The number of ether oxygens (including phenoxy) is 1. The van der Waals surface area contributed by atoms with Crippen molar-refractivity contribution in [1.29, 1.82) is 0 Å². The molecule has 1 atom stereocenters. The molecule has 1 aliphatic heterocycles. The molecule has 132 valence electrons. The number of esters is 1. The molecule has 1 aliphatic rings. The Labute approximate surface area is 145 Å². The van der Waals surface area contributed by atoms with Crippen LogP contribution >= 0.6 is 0 Å². The number of likely N-dealkylation sites (tertiary alicyclic amines) is 1. The fraction of sp³-hybridized carbons (Fsp3) is 0.471. The van der Waals surface area contributed by atoms with Gasteiger partial charge in [-0.1, -0.05) is 12.1 Å². The molecule has 1 aromatic carbocycles. The summed E-state index contributed by atoms with van der Waals surface area (Å²) in [6, 6.07) is 6.82. The molecule has 8 nitrogen and oxygen atoms in total. The Kier molecular flexibility index (Phi) is 5.37. The number of piperidine rings is 1. The Morgan fingerprint density at radius 2 is 2.04 bits per heavy atom. The van der Waals surface area contributed by atoms with Gasteiger partial charge in [-0.25, -0.2) is 9.48 Å². The van der Waals surface area contributed by atoms with Crippen LogP contribution in [0.4, 0.5) is 0 Å². The molecule has 0 bridgehead atoms. The standard InChI is InChI=1S/C17H21N5O3/c1-2-25-17(24)15-5-3-4-10-22(15)16(23)14-8-6-13(7-9-14)11-21-12-18-19-20-21/h6-9,12,15H,2-5,10-11H2,1H3/t15-/m1/s1. The van der Waals surface area contributed by atoms with Crippen LogP contribution < -0.4 is 0 Å². The van der Waals surface area contributed by atoms with Crippen LogP contribution in [0.3, 0.4) is 0 Å². The first-order chi connectivity index (χ1) is 12.2. The van der Waals surface area contributed by atoms with E-state index in [-0.39, 0.29) is 11.9 Å². The highest BCUT2D eigenvalue weighted by Gasteiger charge is 2.33. The van der Waals surface area contributed by atoms with Crippen molar-refractivity contribution in [1.82, 2.24) is 25.1 Å². The van der Waals surface area contributed by atoms with Gasteiger partial charge in [0.1, 0.15) is 12.4 Å². The number of nitrogens with zero attached hydrogens (tertiary/aromatic N) is 5.